The summed E-state index contributed by atoms with van der Waals surface area (Å²) in [5.74, 6) is 3.35. The quantitative estimate of drug-likeness (QED) is 0.378. The highest BCUT2D eigenvalue weighted by Crippen LogP contribution is 2.53. The Morgan fingerprint density at radius 3 is 2.31 bits per heavy atom. The second-order valence-corrected chi connectivity index (χ2v) is 8.88. The predicted octanol–water partition coefficient (Wildman–Crippen LogP) is 3.87. The predicted molar refractivity (Wildman–Crippen MR) is 136 cm³/mol. The fraction of sp³-hybridized carbons (Fsp3) is 0.214. The van der Waals surface area contributed by atoms with Crippen LogP contribution in [-0.4, -0.2) is 50.1 Å². The third-order valence-electron chi connectivity index (χ3n) is 6.59. The van der Waals surface area contributed by atoms with E-state index >= 15 is 0 Å². The molecule has 3 aromatic rings. The van der Waals surface area contributed by atoms with Crippen molar-refractivity contribution >= 4 is 29.1 Å². The van der Waals surface area contributed by atoms with Crippen LogP contribution in [0.5, 0.6) is 17.2 Å². The number of methoxy groups -OCH3 is 2. The van der Waals surface area contributed by atoms with Crippen LogP contribution in [0.4, 0.5) is 5.69 Å². The summed E-state index contributed by atoms with van der Waals surface area (Å²) >= 11 is 6.48. The van der Waals surface area contributed by atoms with Gasteiger partial charge in [0.25, 0.3) is 5.91 Å². The Morgan fingerprint density at radius 2 is 1.67 bits per heavy atom. The maximum absolute atomic E-state index is 13.6. The van der Waals surface area contributed by atoms with Crippen LogP contribution >= 0.6 is 11.6 Å². The van der Waals surface area contributed by atoms with E-state index in [1.165, 1.54) is 19.1 Å². The number of anilines is 1. The molecule has 2 heterocycles. The highest BCUT2D eigenvalue weighted by molar-refractivity contribution is 6.30. The number of carbonyl (C=O) groups is 2. The van der Waals surface area contributed by atoms with E-state index in [-0.39, 0.29) is 24.9 Å². The number of ether oxygens (including phenoxy) is 3. The molecule has 8 heteroatoms. The summed E-state index contributed by atoms with van der Waals surface area (Å²) in [7, 11) is 3.07. The lowest BCUT2D eigenvalue weighted by Crippen LogP contribution is -2.74. The third-order valence-corrected chi connectivity index (χ3v) is 6.83. The zero-order chi connectivity index (χ0) is 25.4. The molecule has 0 radical (unpaired) electrons. The summed E-state index contributed by atoms with van der Waals surface area (Å²) in [6.07, 6.45) is 4.61. The van der Waals surface area contributed by atoms with E-state index in [1.54, 1.807) is 41.3 Å². The number of hydrogen-bond donors (Lipinski definition) is 0. The van der Waals surface area contributed by atoms with Crippen molar-refractivity contribution in [3.8, 4) is 29.6 Å². The van der Waals surface area contributed by atoms with Gasteiger partial charge in [-0.25, -0.2) is 0 Å². The van der Waals surface area contributed by atoms with Gasteiger partial charge in [-0.3, -0.25) is 14.5 Å². The third kappa shape index (κ3) is 3.53. The summed E-state index contributed by atoms with van der Waals surface area (Å²) in [4.78, 5) is 30.0. The smallest absolute Gasteiger partial charge is 0.268 e. The van der Waals surface area contributed by atoms with Gasteiger partial charge in [0, 0.05) is 28.8 Å². The Kier molecular flexibility index (Phi) is 5.99. The van der Waals surface area contributed by atoms with Gasteiger partial charge in [0.15, 0.2) is 0 Å². The van der Waals surface area contributed by atoms with E-state index < -0.39 is 11.6 Å². The van der Waals surface area contributed by atoms with Crippen LogP contribution < -0.4 is 19.1 Å². The topological polar surface area (TPSA) is 68.3 Å². The average Bonchev–Trinajstić information content (AvgIpc) is 2.99. The Hall–Kier alpha value is -4.15. The molecule has 0 bridgehead atoms. The lowest BCUT2D eigenvalue weighted by molar-refractivity contribution is -0.177. The highest BCUT2D eigenvalue weighted by Gasteiger charge is 2.66. The first-order chi connectivity index (χ1) is 17.4. The molecule has 0 unspecified atom stereocenters. The standard InChI is InChI=1S/C28H23ClN2O5/c1-4-12-30-24-11-10-19(29)13-23(24)28(18-8-6-5-7-9-18)26(27(33)31(28)17-25(30)32)36-22-15-20(34-2)14-21(16-22)35-3/h1,5-11,13-16,26H,12,17H2,2-3H3/t26-,28+/m1/s1. The molecule has 36 heavy (non-hydrogen) atoms. The van der Waals surface area contributed by atoms with Crippen molar-refractivity contribution in [3.05, 3.63) is 82.9 Å². The minimum atomic E-state index is -1.13. The molecule has 182 valence electrons. The zero-order valence-electron chi connectivity index (χ0n) is 19.7. The van der Waals surface area contributed by atoms with E-state index in [1.807, 2.05) is 30.3 Å². The number of β-lactam (4-membered cyclic amide) rings is 1. The molecule has 1 saturated heterocycles. The fourth-order valence-corrected chi connectivity index (χ4v) is 5.18. The molecule has 0 aromatic heterocycles. The van der Waals surface area contributed by atoms with Gasteiger partial charge in [-0.15, -0.1) is 6.42 Å². The summed E-state index contributed by atoms with van der Waals surface area (Å²) in [6.45, 7) is -0.109. The first kappa shape index (κ1) is 23.6. The molecule has 0 aliphatic carbocycles. The van der Waals surface area contributed by atoms with Gasteiger partial charge in [0.1, 0.15) is 29.3 Å². The molecular formula is C28H23ClN2O5. The molecule has 2 aliphatic heterocycles. The van der Waals surface area contributed by atoms with Crippen molar-refractivity contribution in [2.45, 2.75) is 11.6 Å². The number of halogens is 1. The van der Waals surface area contributed by atoms with Crippen molar-refractivity contribution in [1.82, 2.24) is 4.90 Å². The van der Waals surface area contributed by atoms with Gasteiger partial charge in [0.2, 0.25) is 12.0 Å². The van der Waals surface area contributed by atoms with Crippen molar-refractivity contribution in [2.75, 3.05) is 32.2 Å². The molecular weight excluding hydrogens is 480 g/mol. The normalized spacial score (nSPS) is 20.4. The van der Waals surface area contributed by atoms with Gasteiger partial charge in [0.05, 0.1) is 26.5 Å². The molecule has 2 aliphatic rings. The van der Waals surface area contributed by atoms with Gasteiger partial charge < -0.3 is 19.1 Å². The van der Waals surface area contributed by atoms with Crippen molar-refractivity contribution in [3.63, 3.8) is 0 Å². The molecule has 0 saturated carbocycles. The van der Waals surface area contributed by atoms with Crippen LogP contribution in [0.25, 0.3) is 0 Å². The lowest BCUT2D eigenvalue weighted by atomic mass is 9.69. The van der Waals surface area contributed by atoms with Crippen molar-refractivity contribution < 1.29 is 23.8 Å². The number of nitrogens with zero attached hydrogens (tertiary/aromatic N) is 2. The van der Waals surface area contributed by atoms with E-state index in [0.29, 0.717) is 33.5 Å². The van der Waals surface area contributed by atoms with Gasteiger partial charge >= 0.3 is 0 Å². The SMILES string of the molecule is C#CCN1C(=O)CN2C(=O)[C@@H](Oc3cc(OC)cc(OC)c3)[C@]2(c2ccccc2)c2cc(Cl)ccc21. The van der Waals surface area contributed by atoms with E-state index in [4.69, 9.17) is 32.2 Å². The van der Waals surface area contributed by atoms with Crippen LogP contribution in [0.1, 0.15) is 11.1 Å². The number of amides is 2. The first-order valence-corrected chi connectivity index (χ1v) is 11.6. The van der Waals surface area contributed by atoms with Crippen LogP contribution in [0, 0.1) is 12.3 Å². The Morgan fingerprint density at radius 1 is 1.00 bits per heavy atom. The Labute approximate surface area is 214 Å². The average molecular weight is 503 g/mol. The zero-order valence-corrected chi connectivity index (χ0v) is 20.5. The summed E-state index contributed by atoms with van der Waals surface area (Å²) in [5, 5.41) is 0.458. The Balaban J connectivity index is 1.74. The number of rotatable bonds is 6. The molecule has 5 rings (SSSR count). The molecule has 1 fully saturated rings. The summed E-state index contributed by atoms with van der Waals surface area (Å²) in [6, 6.07) is 19.8. The number of terminal acetylenes is 1. The lowest BCUT2D eigenvalue weighted by Gasteiger charge is -2.56. The first-order valence-electron chi connectivity index (χ1n) is 11.2. The Bertz CT molecular complexity index is 1360. The monoisotopic (exact) mass is 502 g/mol. The van der Waals surface area contributed by atoms with E-state index in [9.17, 15) is 9.59 Å². The fourth-order valence-electron chi connectivity index (χ4n) is 5.00. The van der Waals surface area contributed by atoms with Crippen molar-refractivity contribution in [1.29, 1.82) is 0 Å². The van der Waals surface area contributed by atoms with E-state index in [2.05, 4.69) is 5.92 Å². The summed E-state index contributed by atoms with van der Waals surface area (Å²) in [5.41, 5.74) is 0.886. The van der Waals surface area contributed by atoms with Gasteiger partial charge in [-0.05, 0) is 23.8 Å². The van der Waals surface area contributed by atoms with E-state index in [0.717, 1.165) is 5.56 Å². The second-order valence-electron chi connectivity index (χ2n) is 8.45. The van der Waals surface area contributed by atoms with Crippen LogP contribution in [0.15, 0.2) is 66.7 Å². The van der Waals surface area contributed by atoms with Crippen LogP contribution in [0.2, 0.25) is 5.02 Å². The molecule has 0 N–H and O–H groups in total. The molecule has 0 spiro atoms. The van der Waals surface area contributed by atoms with Gasteiger partial charge in [-0.1, -0.05) is 47.9 Å². The minimum absolute atomic E-state index is 0.0545. The molecule has 2 atom stereocenters. The maximum Gasteiger partial charge on any atom is 0.268 e. The van der Waals surface area contributed by atoms with Crippen molar-refractivity contribution in [2.24, 2.45) is 0 Å². The molecule has 2 amide bonds. The number of benzene rings is 3. The molecule has 3 aromatic carbocycles. The number of fused-ring (bicyclic) bond motifs is 3. The summed E-state index contributed by atoms with van der Waals surface area (Å²) < 4.78 is 17.1. The highest BCUT2D eigenvalue weighted by atomic mass is 35.5. The maximum atomic E-state index is 13.6. The van der Waals surface area contributed by atoms with Crippen LogP contribution in [0.3, 0.4) is 0 Å². The molecule has 7 nitrogen and oxygen atoms in total. The van der Waals surface area contributed by atoms with Gasteiger partial charge in [-0.2, -0.15) is 0 Å². The van der Waals surface area contributed by atoms with Crippen LogP contribution in [-0.2, 0) is 15.1 Å². The number of carbonyl (C=O) groups excluding carboxylic acids is 2. The largest absolute Gasteiger partial charge is 0.496 e. The minimum Gasteiger partial charge on any atom is -0.496 e. The second kappa shape index (κ2) is 9.14. The number of hydrogen-bond acceptors (Lipinski definition) is 5.